The van der Waals surface area contributed by atoms with E-state index in [1.54, 1.807) is 10.6 Å². The van der Waals surface area contributed by atoms with Gasteiger partial charge in [-0.2, -0.15) is 4.98 Å². The molecule has 0 spiro atoms. The van der Waals surface area contributed by atoms with E-state index < -0.39 is 0 Å². The van der Waals surface area contributed by atoms with Gasteiger partial charge >= 0.3 is 0 Å². The van der Waals surface area contributed by atoms with E-state index in [0.29, 0.717) is 11.7 Å². The molecule has 0 amide bonds. The molecule has 5 nitrogen and oxygen atoms in total. The number of ether oxygens (including phenoxy) is 1. The highest BCUT2D eigenvalue weighted by Gasteiger charge is 2.09. The Morgan fingerprint density at radius 2 is 2.12 bits per heavy atom. The van der Waals surface area contributed by atoms with Crippen LogP contribution in [0.25, 0.3) is 11.2 Å². The summed E-state index contributed by atoms with van der Waals surface area (Å²) in [6.45, 7) is 3.82. The van der Waals surface area contributed by atoms with Gasteiger partial charge in [0.05, 0.1) is 6.10 Å². The molecule has 16 heavy (non-hydrogen) atoms. The van der Waals surface area contributed by atoms with E-state index in [4.69, 9.17) is 9.84 Å². The van der Waals surface area contributed by atoms with Crippen LogP contribution in [0.2, 0.25) is 0 Å². The van der Waals surface area contributed by atoms with Gasteiger partial charge in [0.25, 0.3) is 0 Å². The SMILES string of the molecule is CC(C)Oc1ccc2nc(CO)n(C)c2n1. The quantitative estimate of drug-likeness (QED) is 0.847. The lowest BCUT2D eigenvalue weighted by Crippen LogP contribution is -2.07. The number of fused-ring (bicyclic) bond motifs is 1. The highest BCUT2D eigenvalue weighted by atomic mass is 16.5. The first-order chi connectivity index (χ1) is 7.61. The van der Waals surface area contributed by atoms with Crippen LogP contribution in [0.15, 0.2) is 12.1 Å². The lowest BCUT2D eigenvalue weighted by atomic mass is 10.4. The summed E-state index contributed by atoms with van der Waals surface area (Å²) in [6, 6.07) is 3.63. The molecule has 0 aliphatic heterocycles. The van der Waals surface area contributed by atoms with Crippen molar-refractivity contribution in [2.45, 2.75) is 26.6 Å². The van der Waals surface area contributed by atoms with Crippen molar-refractivity contribution in [3.63, 3.8) is 0 Å². The summed E-state index contributed by atoms with van der Waals surface area (Å²) >= 11 is 0. The van der Waals surface area contributed by atoms with Crippen molar-refractivity contribution < 1.29 is 9.84 Å². The number of pyridine rings is 1. The van der Waals surface area contributed by atoms with Gasteiger partial charge in [0.1, 0.15) is 17.9 Å². The maximum atomic E-state index is 9.09. The molecule has 0 saturated heterocycles. The number of hydrogen-bond acceptors (Lipinski definition) is 4. The summed E-state index contributed by atoms with van der Waals surface area (Å²) in [7, 11) is 1.83. The molecular weight excluding hydrogens is 206 g/mol. The normalized spacial score (nSPS) is 11.3. The lowest BCUT2D eigenvalue weighted by Gasteiger charge is -2.08. The van der Waals surface area contributed by atoms with Crippen molar-refractivity contribution in [1.82, 2.24) is 14.5 Å². The Kier molecular flexibility index (Phi) is 2.78. The summed E-state index contributed by atoms with van der Waals surface area (Å²) in [5.41, 5.74) is 1.49. The second-order valence-corrected chi connectivity index (χ2v) is 3.90. The van der Waals surface area contributed by atoms with E-state index in [0.717, 1.165) is 11.2 Å². The second-order valence-electron chi connectivity index (χ2n) is 3.90. The average molecular weight is 221 g/mol. The van der Waals surface area contributed by atoms with Gasteiger partial charge in [-0.05, 0) is 19.9 Å². The van der Waals surface area contributed by atoms with Crippen molar-refractivity contribution in [3.8, 4) is 5.88 Å². The summed E-state index contributed by atoms with van der Waals surface area (Å²) in [5.74, 6) is 1.18. The Morgan fingerprint density at radius 1 is 1.38 bits per heavy atom. The number of rotatable bonds is 3. The number of aryl methyl sites for hydroxylation is 1. The minimum Gasteiger partial charge on any atom is -0.475 e. The fraction of sp³-hybridized carbons (Fsp3) is 0.455. The molecule has 2 heterocycles. The molecular formula is C11H15N3O2. The molecule has 5 heteroatoms. The van der Waals surface area contributed by atoms with Crippen molar-refractivity contribution in [2.24, 2.45) is 7.05 Å². The van der Waals surface area contributed by atoms with Crippen LogP contribution in [0.1, 0.15) is 19.7 Å². The van der Waals surface area contributed by atoms with Crippen LogP contribution in [0.5, 0.6) is 5.88 Å². The zero-order valence-electron chi connectivity index (χ0n) is 9.64. The van der Waals surface area contributed by atoms with E-state index in [9.17, 15) is 0 Å². The summed E-state index contributed by atoms with van der Waals surface area (Å²) < 4.78 is 7.27. The van der Waals surface area contributed by atoms with Gasteiger partial charge in [-0.3, -0.25) is 0 Å². The highest BCUT2D eigenvalue weighted by Crippen LogP contribution is 2.17. The minimum absolute atomic E-state index is 0.0900. The van der Waals surface area contributed by atoms with E-state index in [-0.39, 0.29) is 12.7 Å². The van der Waals surface area contributed by atoms with Crippen LogP contribution in [0, 0.1) is 0 Å². The minimum atomic E-state index is -0.0900. The highest BCUT2D eigenvalue weighted by molar-refractivity contribution is 5.72. The molecule has 0 atom stereocenters. The van der Waals surface area contributed by atoms with Crippen LogP contribution in [0.4, 0.5) is 0 Å². The van der Waals surface area contributed by atoms with E-state index in [2.05, 4.69) is 9.97 Å². The number of aliphatic hydroxyl groups excluding tert-OH is 1. The monoisotopic (exact) mass is 221 g/mol. The number of nitrogens with zero attached hydrogens (tertiary/aromatic N) is 3. The molecule has 1 N–H and O–H groups in total. The number of hydrogen-bond donors (Lipinski definition) is 1. The van der Waals surface area contributed by atoms with Gasteiger partial charge in [-0.25, -0.2) is 4.98 Å². The van der Waals surface area contributed by atoms with Gasteiger partial charge in [0.15, 0.2) is 5.65 Å². The Balaban J connectivity index is 2.48. The van der Waals surface area contributed by atoms with Gasteiger partial charge in [0, 0.05) is 13.1 Å². The van der Waals surface area contributed by atoms with E-state index in [1.165, 1.54) is 0 Å². The summed E-state index contributed by atoms with van der Waals surface area (Å²) in [5, 5.41) is 9.09. The topological polar surface area (TPSA) is 60.2 Å². The molecule has 0 aromatic carbocycles. The van der Waals surface area contributed by atoms with Gasteiger partial charge in [-0.15, -0.1) is 0 Å². The van der Waals surface area contributed by atoms with E-state index in [1.807, 2.05) is 27.0 Å². The first-order valence-electron chi connectivity index (χ1n) is 5.21. The van der Waals surface area contributed by atoms with Crippen molar-refractivity contribution in [3.05, 3.63) is 18.0 Å². The zero-order chi connectivity index (χ0) is 11.7. The average Bonchev–Trinajstić information content (AvgIpc) is 2.55. The molecule has 0 unspecified atom stereocenters. The summed E-state index contributed by atoms with van der Waals surface area (Å²) in [6.07, 6.45) is 0.0930. The smallest absolute Gasteiger partial charge is 0.215 e. The molecule has 0 fully saturated rings. The van der Waals surface area contributed by atoms with Crippen LogP contribution in [0.3, 0.4) is 0 Å². The van der Waals surface area contributed by atoms with Gasteiger partial charge in [-0.1, -0.05) is 0 Å². The number of aromatic nitrogens is 3. The molecule has 2 aromatic rings. The molecule has 2 rings (SSSR count). The van der Waals surface area contributed by atoms with Crippen LogP contribution >= 0.6 is 0 Å². The predicted molar refractivity (Wildman–Crippen MR) is 60.2 cm³/mol. The maximum absolute atomic E-state index is 9.09. The molecule has 0 saturated carbocycles. The Morgan fingerprint density at radius 3 is 2.75 bits per heavy atom. The first-order valence-corrected chi connectivity index (χ1v) is 5.21. The Hall–Kier alpha value is -1.62. The lowest BCUT2D eigenvalue weighted by molar-refractivity contribution is 0.233. The van der Waals surface area contributed by atoms with Crippen molar-refractivity contribution in [2.75, 3.05) is 0 Å². The fourth-order valence-corrected chi connectivity index (χ4v) is 1.54. The standard InChI is InChI=1S/C11H15N3O2/c1-7(2)16-10-5-4-8-11(13-10)14(3)9(6-15)12-8/h4-5,7,15H,6H2,1-3H3. The fourth-order valence-electron chi connectivity index (χ4n) is 1.54. The van der Waals surface area contributed by atoms with Crippen LogP contribution in [-0.2, 0) is 13.7 Å². The number of aliphatic hydroxyl groups is 1. The predicted octanol–water partition coefficient (Wildman–Crippen LogP) is 1.25. The first kappa shape index (κ1) is 10.9. The molecule has 2 aromatic heterocycles. The Bertz CT molecular complexity index is 505. The third kappa shape index (κ3) is 1.86. The van der Waals surface area contributed by atoms with Gasteiger partial charge < -0.3 is 14.4 Å². The Labute approximate surface area is 93.7 Å². The molecule has 0 bridgehead atoms. The summed E-state index contributed by atoms with van der Waals surface area (Å²) in [4.78, 5) is 8.60. The maximum Gasteiger partial charge on any atom is 0.215 e. The number of imidazole rings is 1. The third-order valence-corrected chi connectivity index (χ3v) is 2.28. The third-order valence-electron chi connectivity index (χ3n) is 2.28. The van der Waals surface area contributed by atoms with Crippen LogP contribution < -0.4 is 4.74 Å². The largest absolute Gasteiger partial charge is 0.475 e. The zero-order valence-corrected chi connectivity index (χ0v) is 9.64. The van der Waals surface area contributed by atoms with Crippen LogP contribution in [-0.4, -0.2) is 25.7 Å². The van der Waals surface area contributed by atoms with Crippen molar-refractivity contribution in [1.29, 1.82) is 0 Å². The molecule has 0 radical (unpaired) electrons. The molecule has 86 valence electrons. The second kappa shape index (κ2) is 4.09. The molecule has 0 aliphatic carbocycles. The molecule has 0 aliphatic rings. The van der Waals surface area contributed by atoms with Crippen molar-refractivity contribution >= 4 is 11.2 Å². The van der Waals surface area contributed by atoms with Gasteiger partial charge in [0.2, 0.25) is 5.88 Å². The van der Waals surface area contributed by atoms with E-state index >= 15 is 0 Å².